The van der Waals surface area contributed by atoms with Crippen LogP contribution in [-0.4, -0.2) is 54.1 Å². The number of aromatic nitrogens is 2. The fourth-order valence-corrected chi connectivity index (χ4v) is 3.17. The second kappa shape index (κ2) is 8.65. The SMILES string of the molecule is Cc1ccc(OCCN(C)C(=O)C2CCN(c3cnccn3)CC2)cc1. The van der Waals surface area contributed by atoms with Gasteiger partial charge in [-0.15, -0.1) is 0 Å². The Morgan fingerprint density at radius 3 is 2.62 bits per heavy atom. The molecular formula is C20H26N4O2. The van der Waals surface area contributed by atoms with Crippen LogP contribution in [0.15, 0.2) is 42.9 Å². The summed E-state index contributed by atoms with van der Waals surface area (Å²) >= 11 is 0. The van der Waals surface area contributed by atoms with Gasteiger partial charge in [-0.05, 0) is 31.9 Å². The van der Waals surface area contributed by atoms with Crippen LogP contribution in [0, 0.1) is 12.8 Å². The number of carbonyl (C=O) groups excluding carboxylic acids is 1. The van der Waals surface area contributed by atoms with E-state index in [0.717, 1.165) is 37.5 Å². The highest BCUT2D eigenvalue weighted by molar-refractivity contribution is 5.78. The summed E-state index contributed by atoms with van der Waals surface area (Å²) in [5.41, 5.74) is 1.21. The number of likely N-dealkylation sites (N-methyl/N-ethyl adjacent to an activating group) is 1. The van der Waals surface area contributed by atoms with Gasteiger partial charge < -0.3 is 14.5 Å². The molecule has 1 saturated heterocycles. The van der Waals surface area contributed by atoms with Crippen LogP contribution in [-0.2, 0) is 4.79 Å². The van der Waals surface area contributed by atoms with Gasteiger partial charge >= 0.3 is 0 Å². The van der Waals surface area contributed by atoms with Gasteiger partial charge in [-0.25, -0.2) is 4.98 Å². The highest BCUT2D eigenvalue weighted by atomic mass is 16.5. The number of nitrogens with zero attached hydrogens (tertiary/aromatic N) is 4. The van der Waals surface area contributed by atoms with E-state index in [2.05, 4.69) is 14.9 Å². The van der Waals surface area contributed by atoms with Crippen LogP contribution in [0.5, 0.6) is 5.75 Å². The first-order valence-corrected chi connectivity index (χ1v) is 9.09. The number of carbonyl (C=O) groups is 1. The zero-order valence-corrected chi connectivity index (χ0v) is 15.5. The Hall–Kier alpha value is -2.63. The van der Waals surface area contributed by atoms with Crippen LogP contribution in [0.1, 0.15) is 18.4 Å². The maximum absolute atomic E-state index is 12.7. The lowest BCUT2D eigenvalue weighted by Gasteiger charge is -2.33. The lowest BCUT2D eigenvalue weighted by molar-refractivity contribution is -0.135. The molecule has 1 amide bonds. The molecule has 0 spiro atoms. The average molecular weight is 354 g/mol. The van der Waals surface area contributed by atoms with E-state index in [1.807, 2.05) is 38.2 Å². The van der Waals surface area contributed by atoms with Gasteiger partial charge in [0.1, 0.15) is 18.2 Å². The standard InChI is InChI=1S/C20H26N4O2/c1-16-3-5-18(6-4-16)26-14-13-23(2)20(25)17-7-11-24(12-8-17)19-15-21-9-10-22-19/h3-6,9-10,15,17H,7-8,11-14H2,1-2H3. The minimum atomic E-state index is 0.0762. The summed E-state index contributed by atoms with van der Waals surface area (Å²) in [5, 5.41) is 0. The Kier molecular flexibility index (Phi) is 6.04. The van der Waals surface area contributed by atoms with Gasteiger partial charge in [0.2, 0.25) is 5.91 Å². The van der Waals surface area contributed by atoms with Crippen molar-refractivity contribution in [1.82, 2.24) is 14.9 Å². The topological polar surface area (TPSA) is 58.6 Å². The third kappa shape index (κ3) is 4.71. The Bertz CT molecular complexity index is 698. The van der Waals surface area contributed by atoms with E-state index in [0.29, 0.717) is 13.2 Å². The van der Waals surface area contributed by atoms with E-state index >= 15 is 0 Å². The van der Waals surface area contributed by atoms with Crippen molar-refractivity contribution >= 4 is 11.7 Å². The Labute approximate surface area is 154 Å². The third-order valence-corrected chi connectivity index (χ3v) is 4.81. The molecule has 1 aromatic heterocycles. The Balaban J connectivity index is 1.42. The Morgan fingerprint density at radius 1 is 1.23 bits per heavy atom. The summed E-state index contributed by atoms with van der Waals surface area (Å²) in [4.78, 5) is 25.1. The fourth-order valence-electron chi connectivity index (χ4n) is 3.17. The lowest BCUT2D eigenvalue weighted by atomic mass is 9.95. The molecule has 138 valence electrons. The summed E-state index contributed by atoms with van der Waals surface area (Å²) in [5.74, 6) is 2.01. The average Bonchev–Trinajstić information content (AvgIpc) is 2.69. The van der Waals surface area contributed by atoms with Crippen molar-refractivity contribution in [2.45, 2.75) is 19.8 Å². The van der Waals surface area contributed by atoms with E-state index in [-0.39, 0.29) is 11.8 Å². The number of ether oxygens (including phenoxy) is 1. The van der Waals surface area contributed by atoms with Gasteiger partial charge in [0.05, 0.1) is 12.7 Å². The molecule has 2 aromatic rings. The van der Waals surface area contributed by atoms with Crippen molar-refractivity contribution in [3.63, 3.8) is 0 Å². The van der Waals surface area contributed by atoms with Crippen molar-refractivity contribution < 1.29 is 9.53 Å². The molecule has 1 aliphatic rings. The predicted molar refractivity (Wildman–Crippen MR) is 101 cm³/mol. The van der Waals surface area contributed by atoms with Crippen LogP contribution in [0.2, 0.25) is 0 Å². The molecule has 0 bridgehead atoms. The van der Waals surface area contributed by atoms with E-state index in [9.17, 15) is 4.79 Å². The molecule has 1 aliphatic heterocycles. The molecule has 0 aliphatic carbocycles. The second-order valence-electron chi connectivity index (χ2n) is 6.75. The summed E-state index contributed by atoms with van der Waals surface area (Å²) in [7, 11) is 1.86. The second-order valence-corrected chi connectivity index (χ2v) is 6.75. The summed E-state index contributed by atoms with van der Waals surface area (Å²) in [6.07, 6.45) is 6.84. The van der Waals surface area contributed by atoms with Crippen molar-refractivity contribution in [1.29, 1.82) is 0 Å². The van der Waals surface area contributed by atoms with Gasteiger partial charge in [-0.3, -0.25) is 9.78 Å². The number of piperidine rings is 1. The molecular weight excluding hydrogens is 328 g/mol. The molecule has 26 heavy (non-hydrogen) atoms. The first-order chi connectivity index (χ1) is 12.6. The van der Waals surface area contributed by atoms with Crippen molar-refractivity contribution in [2.24, 2.45) is 5.92 Å². The number of benzene rings is 1. The fraction of sp³-hybridized carbons (Fsp3) is 0.450. The number of aryl methyl sites for hydroxylation is 1. The van der Waals surface area contributed by atoms with E-state index in [1.165, 1.54) is 5.56 Å². The summed E-state index contributed by atoms with van der Waals surface area (Å²) in [6.45, 7) is 4.82. The van der Waals surface area contributed by atoms with Crippen molar-refractivity contribution in [3.8, 4) is 5.75 Å². The first kappa shape index (κ1) is 18.2. The summed E-state index contributed by atoms with van der Waals surface area (Å²) in [6, 6.07) is 7.96. The molecule has 0 unspecified atom stereocenters. The maximum Gasteiger partial charge on any atom is 0.225 e. The zero-order chi connectivity index (χ0) is 18.4. The lowest BCUT2D eigenvalue weighted by Crippen LogP contribution is -2.42. The minimum Gasteiger partial charge on any atom is -0.492 e. The molecule has 2 heterocycles. The number of rotatable bonds is 6. The van der Waals surface area contributed by atoms with Gasteiger partial charge in [-0.1, -0.05) is 17.7 Å². The van der Waals surface area contributed by atoms with E-state index in [1.54, 1.807) is 23.5 Å². The largest absolute Gasteiger partial charge is 0.492 e. The monoisotopic (exact) mass is 354 g/mol. The van der Waals surface area contributed by atoms with Crippen LogP contribution in [0.3, 0.4) is 0 Å². The first-order valence-electron chi connectivity index (χ1n) is 9.09. The predicted octanol–water partition coefficient (Wildman–Crippen LogP) is 2.54. The van der Waals surface area contributed by atoms with Crippen molar-refractivity contribution in [3.05, 3.63) is 48.4 Å². The molecule has 1 fully saturated rings. The highest BCUT2D eigenvalue weighted by Gasteiger charge is 2.27. The van der Waals surface area contributed by atoms with E-state index in [4.69, 9.17) is 4.74 Å². The molecule has 6 nitrogen and oxygen atoms in total. The molecule has 3 rings (SSSR count). The van der Waals surface area contributed by atoms with Crippen LogP contribution < -0.4 is 9.64 Å². The summed E-state index contributed by atoms with van der Waals surface area (Å²) < 4.78 is 5.73. The number of amides is 1. The van der Waals surface area contributed by atoms with Gasteiger partial charge in [0.15, 0.2) is 0 Å². The quantitative estimate of drug-likeness (QED) is 0.798. The van der Waals surface area contributed by atoms with Crippen LogP contribution in [0.25, 0.3) is 0 Å². The van der Waals surface area contributed by atoms with Crippen LogP contribution in [0.4, 0.5) is 5.82 Å². The molecule has 0 atom stereocenters. The van der Waals surface area contributed by atoms with Gasteiger partial charge in [0.25, 0.3) is 0 Å². The van der Waals surface area contributed by atoms with Gasteiger partial charge in [0, 0.05) is 38.4 Å². The molecule has 0 N–H and O–H groups in total. The highest BCUT2D eigenvalue weighted by Crippen LogP contribution is 2.22. The number of hydrogen-bond acceptors (Lipinski definition) is 5. The molecule has 0 radical (unpaired) electrons. The number of hydrogen-bond donors (Lipinski definition) is 0. The van der Waals surface area contributed by atoms with Crippen LogP contribution >= 0.6 is 0 Å². The maximum atomic E-state index is 12.7. The minimum absolute atomic E-state index is 0.0762. The molecule has 1 aromatic carbocycles. The van der Waals surface area contributed by atoms with Crippen molar-refractivity contribution in [2.75, 3.05) is 38.2 Å². The van der Waals surface area contributed by atoms with Gasteiger partial charge in [-0.2, -0.15) is 0 Å². The third-order valence-electron chi connectivity index (χ3n) is 4.81. The molecule has 6 heteroatoms. The Morgan fingerprint density at radius 2 is 1.96 bits per heavy atom. The smallest absolute Gasteiger partial charge is 0.225 e. The normalized spacial score (nSPS) is 14.9. The molecule has 0 saturated carbocycles. The van der Waals surface area contributed by atoms with E-state index < -0.39 is 0 Å². The zero-order valence-electron chi connectivity index (χ0n) is 15.5. The number of anilines is 1.